The Morgan fingerprint density at radius 1 is 1.18 bits per heavy atom. The zero-order chi connectivity index (χ0) is 15.8. The van der Waals surface area contributed by atoms with E-state index in [1.165, 1.54) is 32.1 Å². The Hall–Kier alpha value is -1.55. The van der Waals surface area contributed by atoms with Crippen LogP contribution in [0.5, 0.6) is 0 Å². The van der Waals surface area contributed by atoms with Gasteiger partial charge in [0.05, 0.1) is 17.1 Å². The van der Waals surface area contributed by atoms with Crippen molar-refractivity contribution in [2.24, 2.45) is 10.7 Å². The molecule has 22 heavy (non-hydrogen) atoms. The van der Waals surface area contributed by atoms with E-state index in [0.29, 0.717) is 17.1 Å². The molecule has 1 saturated carbocycles. The summed E-state index contributed by atoms with van der Waals surface area (Å²) in [5.74, 6) is 0.388. The Labute approximate surface area is 137 Å². The van der Waals surface area contributed by atoms with Crippen LogP contribution in [0.3, 0.4) is 0 Å². The predicted molar refractivity (Wildman–Crippen MR) is 92.0 cm³/mol. The third-order valence-electron chi connectivity index (χ3n) is 3.99. The maximum Gasteiger partial charge on any atom is 0.253 e. The number of hydrogen-bond acceptors (Lipinski definition) is 2. The van der Waals surface area contributed by atoms with E-state index in [4.69, 9.17) is 17.3 Å². The van der Waals surface area contributed by atoms with Crippen molar-refractivity contribution in [3.63, 3.8) is 0 Å². The van der Waals surface area contributed by atoms with Gasteiger partial charge in [-0.2, -0.15) is 0 Å². The molecule has 120 valence electrons. The van der Waals surface area contributed by atoms with E-state index >= 15 is 0 Å². The Morgan fingerprint density at radius 3 is 2.50 bits per heavy atom. The molecule has 0 atom stereocenters. The summed E-state index contributed by atoms with van der Waals surface area (Å²) in [5.41, 5.74) is 6.81. The maximum atomic E-state index is 12.5. The number of halogens is 1. The number of carbonyl (C=O) groups is 1. The summed E-state index contributed by atoms with van der Waals surface area (Å²) in [7, 11) is 0. The van der Waals surface area contributed by atoms with Crippen molar-refractivity contribution >= 4 is 29.0 Å². The van der Waals surface area contributed by atoms with Gasteiger partial charge in [0.25, 0.3) is 5.91 Å². The number of carbonyl (C=O) groups excluding carboxylic acids is 1. The number of rotatable bonds is 4. The van der Waals surface area contributed by atoms with Gasteiger partial charge in [-0.15, -0.1) is 11.6 Å². The molecule has 2 rings (SSSR count). The number of hydrogen-bond donors (Lipinski definition) is 2. The fourth-order valence-electron chi connectivity index (χ4n) is 2.81. The van der Waals surface area contributed by atoms with Crippen molar-refractivity contribution < 1.29 is 4.79 Å². The van der Waals surface area contributed by atoms with Crippen LogP contribution in [0, 0.1) is 0 Å². The number of benzene rings is 1. The second kappa shape index (κ2) is 8.79. The summed E-state index contributed by atoms with van der Waals surface area (Å²) in [4.78, 5) is 16.8. The predicted octanol–water partition coefficient (Wildman–Crippen LogP) is 3.76. The lowest BCUT2D eigenvalue weighted by Crippen LogP contribution is -2.35. The SMILES string of the molecule is NC(CCl)=Nc1ccccc1C(=O)NC1CCCCCCC1. The number of nitrogens with zero attached hydrogens (tertiary/aromatic N) is 1. The first-order valence-electron chi connectivity index (χ1n) is 7.99. The van der Waals surface area contributed by atoms with Crippen LogP contribution in [0.1, 0.15) is 55.3 Å². The molecule has 0 unspecified atom stereocenters. The molecule has 1 aliphatic carbocycles. The molecule has 1 aliphatic rings. The quantitative estimate of drug-likeness (QED) is 0.503. The van der Waals surface area contributed by atoms with Gasteiger partial charge in [0.1, 0.15) is 5.84 Å². The highest BCUT2D eigenvalue weighted by Crippen LogP contribution is 2.21. The van der Waals surface area contributed by atoms with Crippen LogP contribution in [0.2, 0.25) is 0 Å². The molecular weight excluding hydrogens is 298 g/mol. The van der Waals surface area contributed by atoms with Crippen molar-refractivity contribution in [3.05, 3.63) is 29.8 Å². The van der Waals surface area contributed by atoms with Crippen molar-refractivity contribution in [1.29, 1.82) is 0 Å². The lowest BCUT2D eigenvalue weighted by atomic mass is 9.96. The van der Waals surface area contributed by atoms with Crippen LogP contribution in [0.4, 0.5) is 5.69 Å². The smallest absolute Gasteiger partial charge is 0.253 e. The van der Waals surface area contributed by atoms with E-state index in [-0.39, 0.29) is 17.8 Å². The average molecular weight is 322 g/mol. The lowest BCUT2D eigenvalue weighted by molar-refractivity contribution is 0.0931. The topological polar surface area (TPSA) is 67.5 Å². The number of aliphatic imine (C=N–C) groups is 1. The highest BCUT2D eigenvalue weighted by atomic mass is 35.5. The monoisotopic (exact) mass is 321 g/mol. The van der Waals surface area contributed by atoms with Crippen molar-refractivity contribution in [1.82, 2.24) is 5.32 Å². The first kappa shape index (κ1) is 16.8. The summed E-state index contributed by atoms with van der Waals surface area (Å²) < 4.78 is 0. The summed E-state index contributed by atoms with van der Waals surface area (Å²) in [6.45, 7) is 0. The number of nitrogens with two attached hydrogens (primary N) is 1. The van der Waals surface area contributed by atoms with Gasteiger partial charge in [-0.25, -0.2) is 4.99 Å². The Kier molecular flexibility index (Phi) is 6.72. The molecule has 0 aromatic heterocycles. The van der Waals surface area contributed by atoms with Gasteiger partial charge >= 0.3 is 0 Å². The maximum absolute atomic E-state index is 12.5. The van der Waals surface area contributed by atoms with Crippen molar-refractivity contribution in [3.8, 4) is 0 Å². The van der Waals surface area contributed by atoms with E-state index in [1.807, 2.05) is 12.1 Å². The van der Waals surface area contributed by atoms with E-state index in [9.17, 15) is 4.79 Å². The summed E-state index contributed by atoms with van der Waals surface area (Å²) in [5, 5.41) is 3.15. The van der Waals surface area contributed by atoms with E-state index in [0.717, 1.165) is 12.8 Å². The van der Waals surface area contributed by atoms with E-state index < -0.39 is 0 Å². The molecular formula is C17H24ClN3O. The normalized spacial score (nSPS) is 17.6. The van der Waals surface area contributed by atoms with E-state index in [1.54, 1.807) is 12.1 Å². The first-order chi connectivity index (χ1) is 10.7. The first-order valence-corrected chi connectivity index (χ1v) is 8.53. The van der Waals surface area contributed by atoms with Gasteiger partial charge in [0, 0.05) is 6.04 Å². The average Bonchev–Trinajstić information content (AvgIpc) is 2.50. The number of alkyl halides is 1. The highest BCUT2D eigenvalue weighted by Gasteiger charge is 2.17. The minimum absolute atomic E-state index is 0.0766. The second-order valence-corrected chi connectivity index (χ2v) is 6.04. The van der Waals surface area contributed by atoms with Crippen LogP contribution in [-0.4, -0.2) is 23.7 Å². The Bertz CT molecular complexity index is 522. The van der Waals surface area contributed by atoms with Crippen LogP contribution < -0.4 is 11.1 Å². The molecule has 1 aromatic rings. The highest BCUT2D eigenvalue weighted by molar-refractivity contribution is 6.28. The fourth-order valence-corrected chi connectivity index (χ4v) is 2.87. The third-order valence-corrected chi connectivity index (χ3v) is 4.26. The van der Waals surface area contributed by atoms with Gasteiger partial charge in [-0.3, -0.25) is 4.79 Å². The van der Waals surface area contributed by atoms with Gasteiger partial charge in [0.2, 0.25) is 0 Å². The second-order valence-electron chi connectivity index (χ2n) is 5.77. The molecule has 0 saturated heterocycles. The molecule has 0 aliphatic heterocycles. The molecule has 0 radical (unpaired) electrons. The molecule has 1 fully saturated rings. The molecule has 0 spiro atoms. The number of para-hydroxylation sites is 1. The zero-order valence-corrected chi connectivity index (χ0v) is 13.6. The standard InChI is InChI=1S/C17H24ClN3O/c18-12-16(19)21-15-11-7-6-10-14(15)17(22)20-13-8-4-2-1-3-5-9-13/h6-7,10-11,13H,1-5,8-9,12H2,(H2,19,21)(H,20,22). The Balaban J connectivity index is 2.08. The lowest BCUT2D eigenvalue weighted by Gasteiger charge is -2.21. The summed E-state index contributed by atoms with van der Waals surface area (Å²) >= 11 is 5.67. The largest absolute Gasteiger partial charge is 0.386 e. The minimum Gasteiger partial charge on any atom is -0.386 e. The molecule has 0 heterocycles. The number of nitrogens with one attached hydrogen (secondary N) is 1. The van der Waals surface area contributed by atoms with Crippen molar-refractivity contribution in [2.75, 3.05) is 5.88 Å². The van der Waals surface area contributed by atoms with Crippen LogP contribution in [-0.2, 0) is 0 Å². The third kappa shape index (κ3) is 5.02. The van der Waals surface area contributed by atoms with Crippen LogP contribution in [0.15, 0.2) is 29.3 Å². The van der Waals surface area contributed by atoms with Gasteiger partial charge in [0.15, 0.2) is 0 Å². The molecule has 5 heteroatoms. The van der Waals surface area contributed by atoms with Gasteiger partial charge in [-0.1, -0.05) is 44.2 Å². The Morgan fingerprint density at radius 2 is 1.82 bits per heavy atom. The molecule has 1 aromatic carbocycles. The number of amides is 1. The zero-order valence-electron chi connectivity index (χ0n) is 12.9. The minimum atomic E-state index is -0.0766. The number of amidine groups is 1. The molecule has 4 nitrogen and oxygen atoms in total. The fraction of sp³-hybridized carbons (Fsp3) is 0.529. The van der Waals surface area contributed by atoms with Crippen molar-refractivity contribution in [2.45, 2.75) is 51.0 Å². The van der Waals surface area contributed by atoms with Crippen LogP contribution >= 0.6 is 11.6 Å². The van der Waals surface area contributed by atoms with Crippen LogP contribution in [0.25, 0.3) is 0 Å². The van der Waals surface area contributed by atoms with E-state index in [2.05, 4.69) is 10.3 Å². The molecule has 0 bridgehead atoms. The summed E-state index contributed by atoms with van der Waals surface area (Å²) in [6.07, 6.45) is 8.32. The summed E-state index contributed by atoms with van der Waals surface area (Å²) in [6, 6.07) is 7.50. The van der Waals surface area contributed by atoms with Gasteiger partial charge in [-0.05, 0) is 25.0 Å². The molecule has 1 amide bonds. The molecule has 3 N–H and O–H groups in total. The van der Waals surface area contributed by atoms with Gasteiger partial charge < -0.3 is 11.1 Å².